The second-order valence-corrected chi connectivity index (χ2v) is 4.58. The van der Waals surface area contributed by atoms with Gasteiger partial charge >= 0.3 is 5.97 Å². The van der Waals surface area contributed by atoms with Gasteiger partial charge in [0.25, 0.3) is 0 Å². The third kappa shape index (κ3) is 2.50. The van der Waals surface area contributed by atoms with Crippen LogP contribution in [0.25, 0.3) is 11.3 Å². The fourth-order valence-corrected chi connectivity index (χ4v) is 2.19. The molecule has 1 heterocycles. The number of hydrogen-bond donors (Lipinski definition) is 1. The van der Waals surface area contributed by atoms with Gasteiger partial charge < -0.3 is 5.11 Å². The first-order valence-electron chi connectivity index (χ1n) is 5.91. The van der Waals surface area contributed by atoms with Crippen LogP contribution in [-0.2, 0) is 18.3 Å². The van der Waals surface area contributed by atoms with Crippen LogP contribution < -0.4 is 0 Å². The van der Waals surface area contributed by atoms with Gasteiger partial charge in [-0.15, -0.1) is 0 Å². The van der Waals surface area contributed by atoms with E-state index in [1.807, 2.05) is 6.92 Å². The van der Waals surface area contributed by atoms with E-state index in [2.05, 4.69) is 5.10 Å². The molecular weight excluding hydrogens is 247 g/mol. The van der Waals surface area contributed by atoms with E-state index in [0.29, 0.717) is 11.3 Å². The number of aliphatic carboxylic acids is 1. The molecule has 0 amide bonds. The number of aromatic nitrogens is 2. The third-order valence-corrected chi connectivity index (χ3v) is 3.13. The number of rotatable bonds is 3. The molecule has 1 aromatic carbocycles. The molecule has 0 saturated carbocycles. The molecule has 0 aliphatic heterocycles. The molecule has 19 heavy (non-hydrogen) atoms. The highest BCUT2D eigenvalue weighted by Gasteiger charge is 2.16. The van der Waals surface area contributed by atoms with E-state index in [-0.39, 0.29) is 12.2 Å². The van der Waals surface area contributed by atoms with Gasteiger partial charge in [0.1, 0.15) is 5.82 Å². The summed E-state index contributed by atoms with van der Waals surface area (Å²) in [5, 5.41) is 13.1. The smallest absolute Gasteiger partial charge is 0.309 e. The van der Waals surface area contributed by atoms with Crippen molar-refractivity contribution in [3.8, 4) is 11.3 Å². The van der Waals surface area contributed by atoms with Crippen molar-refractivity contribution in [3.63, 3.8) is 0 Å². The van der Waals surface area contributed by atoms with Crippen LogP contribution in [-0.4, -0.2) is 20.9 Å². The van der Waals surface area contributed by atoms with Crippen LogP contribution in [0.3, 0.4) is 0 Å². The molecule has 2 aromatic rings. The molecule has 0 aliphatic carbocycles. The fraction of sp³-hybridized carbons (Fsp3) is 0.286. The maximum Gasteiger partial charge on any atom is 0.309 e. The van der Waals surface area contributed by atoms with E-state index in [0.717, 1.165) is 16.8 Å². The summed E-state index contributed by atoms with van der Waals surface area (Å²) >= 11 is 0. The number of carboxylic acids is 1. The van der Waals surface area contributed by atoms with E-state index >= 15 is 0 Å². The first-order chi connectivity index (χ1) is 8.90. The second kappa shape index (κ2) is 4.84. The number of aryl methyl sites for hydroxylation is 2. The highest BCUT2D eigenvalue weighted by Crippen LogP contribution is 2.27. The van der Waals surface area contributed by atoms with Gasteiger partial charge in [0.2, 0.25) is 0 Å². The van der Waals surface area contributed by atoms with E-state index in [4.69, 9.17) is 5.11 Å². The molecule has 1 aromatic heterocycles. The van der Waals surface area contributed by atoms with Gasteiger partial charge in [-0.2, -0.15) is 5.10 Å². The summed E-state index contributed by atoms with van der Waals surface area (Å²) in [5.41, 5.74) is 3.56. The van der Waals surface area contributed by atoms with Crippen LogP contribution in [0.5, 0.6) is 0 Å². The average Bonchev–Trinajstić information content (AvgIpc) is 2.58. The van der Waals surface area contributed by atoms with Gasteiger partial charge in [-0.05, 0) is 43.2 Å². The van der Waals surface area contributed by atoms with Crippen molar-refractivity contribution < 1.29 is 14.3 Å². The first kappa shape index (κ1) is 13.3. The predicted molar refractivity (Wildman–Crippen MR) is 69.4 cm³/mol. The van der Waals surface area contributed by atoms with Crippen LogP contribution in [0.4, 0.5) is 4.39 Å². The van der Waals surface area contributed by atoms with Crippen molar-refractivity contribution >= 4 is 5.97 Å². The maximum absolute atomic E-state index is 13.3. The number of halogens is 1. The van der Waals surface area contributed by atoms with Crippen LogP contribution in [0, 0.1) is 19.7 Å². The number of carbonyl (C=O) groups is 1. The Morgan fingerprint density at radius 1 is 1.42 bits per heavy atom. The average molecular weight is 262 g/mol. The van der Waals surface area contributed by atoms with Crippen LogP contribution in [0.1, 0.15) is 16.8 Å². The van der Waals surface area contributed by atoms with Crippen molar-refractivity contribution in [2.45, 2.75) is 20.3 Å². The minimum Gasteiger partial charge on any atom is -0.481 e. The van der Waals surface area contributed by atoms with Crippen molar-refractivity contribution in [1.82, 2.24) is 9.78 Å². The molecular formula is C14H15FN2O2. The minimum atomic E-state index is -0.914. The molecule has 4 nitrogen and oxygen atoms in total. The zero-order chi connectivity index (χ0) is 14.2. The molecule has 0 radical (unpaired) electrons. The predicted octanol–water partition coefficient (Wildman–Crippen LogP) is 2.47. The molecule has 2 rings (SSSR count). The largest absolute Gasteiger partial charge is 0.481 e. The van der Waals surface area contributed by atoms with Gasteiger partial charge in [0.05, 0.1) is 17.8 Å². The highest BCUT2D eigenvalue weighted by molar-refractivity contribution is 5.72. The van der Waals surface area contributed by atoms with Gasteiger partial charge in [-0.25, -0.2) is 4.39 Å². The Morgan fingerprint density at radius 2 is 2.11 bits per heavy atom. The first-order valence-corrected chi connectivity index (χ1v) is 5.91. The lowest BCUT2D eigenvalue weighted by Crippen LogP contribution is -2.02. The summed E-state index contributed by atoms with van der Waals surface area (Å²) < 4.78 is 14.9. The van der Waals surface area contributed by atoms with Crippen LogP contribution >= 0.6 is 0 Å². The molecule has 0 fully saturated rings. The van der Waals surface area contributed by atoms with Crippen LogP contribution in [0.2, 0.25) is 0 Å². The molecule has 0 aliphatic rings. The summed E-state index contributed by atoms with van der Waals surface area (Å²) in [4.78, 5) is 10.8. The molecule has 100 valence electrons. The lowest BCUT2D eigenvalue weighted by Gasteiger charge is -2.05. The van der Waals surface area contributed by atoms with Gasteiger partial charge in [-0.3, -0.25) is 9.48 Å². The molecule has 0 spiro atoms. The SMILES string of the molecule is Cc1cc(-c2c(C)c(CC(=O)O)nn2C)ccc1F. The standard InChI is InChI=1S/C14H15FN2O2/c1-8-6-10(4-5-11(8)15)14-9(2)12(7-13(18)19)16-17(14)3/h4-6H,7H2,1-3H3,(H,18,19). The lowest BCUT2D eigenvalue weighted by atomic mass is 10.0. The van der Waals surface area contributed by atoms with E-state index in [1.54, 1.807) is 30.8 Å². The van der Waals surface area contributed by atoms with Gasteiger partial charge in [-0.1, -0.05) is 0 Å². The Labute approximate surface area is 110 Å². The Morgan fingerprint density at radius 3 is 2.68 bits per heavy atom. The maximum atomic E-state index is 13.3. The van der Waals surface area contributed by atoms with Crippen molar-refractivity contribution in [2.24, 2.45) is 7.05 Å². The summed E-state index contributed by atoms with van der Waals surface area (Å²) in [5.74, 6) is -1.17. The van der Waals surface area contributed by atoms with Crippen molar-refractivity contribution in [2.75, 3.05) is 0 Å². The fourth-order valence-electron chi connectivity index (χ4n) is 2.19. The molecule has 1 N–H and O–H groups in total. The molecule has 0 bridgehead atoms. The van der Waals surface area contributed by atoms with E-state index in [1.165, 1.54) is 6.07 Å². The quantitative estimate of drug-likeness (QED) is 0.924. The Balaban J connectivity index is 2.52. The molecule has 0 unspecified atom stereocenters. The zero-order valence-electron chi connectivity index (χ0n) is 11.1. The Kier molecular flexibility index (Phi) is 3.38. The summed E-state index contributed by atoms with van der Waals surface area (Å²) in [6.07, 6.45) is -0.111. The summed E-state index contributed by atoms with van der Waals surface area (Å²) in [6.45, 7) is 3.53. The number of carboxylic acid groups (broad SMARTS) is 1. The third-order valence-electron chi connectivity index (χ3n) is 3.13. The monoisotopic (exact) mass is 262 g/mol. The van der Waals surface area contributed by atoms with Gasteiger partial charge in [0.15, 0.2) is 0 Å². The summed E-state index contributed by atoms with van der Waals surface area (Å²) in [7, 11) is 1.76. The van der Waals surface area contributed by atoms with Crippen molar-refractivity contribution in [3.05, 3.63) is 40.8 Å². The molecule has 0 atom stereocenters. The molecule has 5 heteroatoms. The highest BCUT2D eigenvalue weighted by atomic mass is 19.1. The number of benzene rings is 1. The van der Waals surface area contributed by atoms with Crippen LogP contribution in [0.15, 0.2) is 18.2 Å². The topological polar surface area (TPSA) is 55.1 Å². The van der Waals surface area contributed by atoms with Gasteiger partial charge in [0, 0.05) is 12.6 Å². The second-order valence-electron chi connectivity index (χ2n) is 4.58. The zero-order valence-corrected chi connectivity index (χ0v) is 11.1. The van der Waals surface area contributed by atoms with E-state index < -0.39 is 5.97 Å². The van der Waals surface area contributed by atoms with Crippen molar-refractivity contribution in [1.29, 1.82) is 0 Å². The normalized spacial score (nSPS) is 10.7. The lowest BCUT2D eigenvalue weighted by molar-refractivity contribution is -0.136. The number of hydrogen-bond acceptors (Lipinski definition) is 2. The Bertz CT molecular complexity index is 647. The minimum absolute atomic E-state index is 0.111. The number of nitrogens with zero attached hydrogens (tertiary/aromatic N) is 2. The molecule has 0 saturated heterocycles. The summed E-state index contributed by atoms with van der Waals surface area (Å²) in [6, 6.07) is 4.83. The van der Waals surface area contributed by atoms with E-state index in [9.17, 15) is 9.18 Å². The Hall–Kier alpha value is -2.17.